The van der Waals surface area contributed by atoms with Gasteiger partial charge in [-0.15, -0.1) is 0 Å². The summed E-state index contributed by atoms with van der Waals surface area (Å²) >= 11 is 0. The van der Waals surface area contributed by atoms with Crippen LogP contribution in [0.1, 0.15) is 17.9 Å². The molecule has 5 nitrogen and oxygen atoms in total. The molecule has 0 bridgehead atoms. The molecule has 1 atom stereocenters. The van der Waals surface area contributed by atoms with Crippen molar-refractivity contribution in [3.8, 4) is 0 Å². The normalized spacial score (nSPS) is 21.2. The van der Waals surface area contributed by atoms with Gasteiger partial charge in [0, 0.05) is 18.0 Å². The van der Waals surface area contributed by atoms with E-state index in [1.54, 1.807) is 16.9 Å². The number of nitrogens with one attached hydrogen (secondary N) is 1. The predicted octanol–water partition coefficient (Wildman–Crippen LogP) is 0.388. The lowest BCUT2D eigenvalue weighted by molar-refractivity contribution is 0.767. The highest BCUT2D eigenvalue weighted by atomic mass is 15.2. The van der Waals surface area contributed by atoms with E-state index in [0.717, 1.165) is 25.2 Å². The van der Waals surface area contributed by atoms with Crippen LogP contribution in [0.2, 0.25) is 0 Å². The van der Waals surface area contributed by atoms with Crippen LogP contribution in [0.25, 0.3) is 5.65 Å². The Labute approximate surface area is 87.3 Å². The zero-order valence-corrected chi connectivity index (χ0v) is 8.35. The van der Waals surface area contributed by atoms with Crippen LogP contribution in [0.4, 0.5) is 5.69 Å². The Morgan fingerprint density at radius 2 is 2.40 bits per heavy atom. The molecule has 1 aliphatic rings. The van der Waals surface area contributed by atoms with E-state index in [2.05, 4.69) is 15.4 Å². The number of anilines is 1. The second kappa shape index (κ2) is 3.20. The van der Waals surface area contributed by atoms with Gasteiger partial charge in [0.05, 0.1) is 24.3 Å². The number of aromatic nitrogens is 3. The molecule has 0 saturated carbocycles. The summed E-state index contributed by atoms with van der Waals surface area (Å²) in [6.07, 6.45) is 6.55. The summed E-state index contributed by atoms with van der Waals surface area (Å²) < 4.78 is 1.75. The van der Waals surface area contributed by atoms with Crippen LogP contribution in [0.3, 0.4) is 0 Å². The molecule has 5 heteroatoms. The third kappa shape index (κ3) is 1.35. The van der Waals surface area contributed by atoms with Gasteiger partial charge in [-0.25, -0.2) is 9.50 Å². The SMILES string of the molecule is Nc1cnc2c(C3CCNC3)cnn2c1. The summed E-state index contributed by atoms with van der Waals surface area (Å²) in [5.41, 5.74) is 8.44. The average Bonchev–Trinajstić information content (AvgIpc) is 2.82. The third-order valence-electron chi connectivity index (χ3n) is 2.90. The Bertz CT molecular complexity index is 484. The van der Waals surface area contributed by atoms with Crippen LogP contribution < -0.4 is 11.1 Å². The highest BCUT2D eigenvalue weighted by Crippen LogP contribution is 2.25. The number of rotatable bonds is 1. The number of nitrogens with zero attached hydrogens (tertiary/aromatic N) is 3. The van der Waals surface area contributed by atoms with Gasteiger partial charge < -0.3 is 11.1 Å². The van der Waals surface area contributed by atoms with Crippen LogP contribution >= 0.6 is 0 Å². The molecule has 15 heavy (non-hydrogen) atoms. The largest absolute Gasteiger partial charge is 0.396 e. The average molecular weight is 203 g/mol. The van der Waals surface area contributed by atoms with Crippen LogP contribution in [0, 0.1) is 0 Å². The van der Waals surface area contributed by atoms with Gasteiger partial charge in [-0.05, 0) is 13.0 Å². The van der Waals surface area contributed by atoms with E-state index in [-0.39, 0.29) is 0 Å². The van der Waals surface area contributed by atoms with Gasteiger partial charge in [0.15, 0.2) is 5.65 Å². The molecule has 3 heterocycles. The topological polar surface area (TPSA) is 68.2 Å². The maximum Gasteiger partial charge on any atom is 0.158 e. The second-order valence-electron chi connectivity index (χ2n) is 3.95. The van der Waals surface area contributed by atoms with Crippen LogP contribution in [0.5, 0.6) is 0 Å². The minimum atomic E-state index is 0.540. The van der Waals surface area contributed by atoms with Crippen molar-refractivity contribution in [2.75, 3.05) is 18.8 Å². The molecule has 1 fully saturated rings. The fraction of sp³-hybridized carbons (Fsp3) is 0.400. The summed E-state index contributed by atoms with van der Waals surface area (Å²) in [6.45, 7) is 2.10. The van der Waals surface area contributed by atoms with E-state index >= 15 is 0 Å². The molecule has 0 radical (unpaired) electrons. The van der Waals surface area contributed by atoms with Gasteiger partial charge in [0.25, 0.3) is 0 Å². The maximum atomic E-state index is 5.65. The molecule has 0 aliphatic carbocycles. The Morgan fingerprint density at radius 1 is 1.47 bits per heavy atom. The Balaban J connectivity index is 2.11. The lowest BCUT2D eigenvalue weighted by Crippen LogP contribution is -2.08. The fourth-order valence-corrected chi connectivity index (χ4v) is 2.12. The van der Waals surface area contributed by atoms with Crippen molar-refractivity contribution in [2.24, 2.45) is 0 Å². The van der Waals surface area contributed by atoms with Crippen molar-refractivity contribution in [2.45, 2.75) is 12.3 Å². The highest BCUT2D eigenvalue weighted by Gasteiger charge is 2.20. The predicted molar refractivity (Wildman–Crippen MR) is 57.6 cm³/mol. The van der Waals surface area contributed by atoms with E-state index in [0.29, 0.717) is 11.6 Å². The molecule has 2 aromatic heterocycles. The Hall–Kier alpha value is -1.62. The summed E-state index contributed by atoms with van der Waals surface area (Å²) in [6, 6.07) is 0. The standard InChI is InChI=1S/C10H13N5/c11-8-4-13-10-9(5-14-15(10)6-8)7-1-2-12-3-7/h4-7,12H,1-3,11H2. The second-order valence-corrected chi connectivity index (χ2v) is 3.95. The lowest BCUT2D eigenvalue weighted by atomic mass is 10.0. The maximum absolute atomic E-state index is 5.65. The van der Waals surface area contributed by atoms with Crippen LogP contribution in [0.15, 0.2) is 18.6 Å². The molecule has 0 aromatic carbocycles. The van der Waals surface area contributed by atoms with Gasteiger partial charge >= 0.3 is 0 Å². The molecule has 3 N–H and O–H groups in total. The zero-order valence-electron chi connectivity index (χ0n) is 8.35. The summed E-state index contributed by atoms with van der Waals surface area (Å²) in [5, 5.41) is 7.62. The third-order valence-corrected chi connectivity index (χ3v) is 2.90. The molecule has 78 valence electrons. The van der Waals surface area contributed by atoms with Gasteiger partial charge in [-0.3, -0.25) is 0 Å². The van der Waals surface area contributed by atoms with Crippen LogP contribution in [-0.2, 0) is 0 Å². The quantitative estimate of drug-likeness (QED) is 0.703. The molecule has 1 saturated heterocycles. The molecule has 0 amide bonds. The number of hydrogen-bond donors (Lipinski definition) is 2. The summed E-state index contributed by atoms with van der Waals surface area (Å²) in [5.74, 6) is 0.540. The van der Waals surface area contributed by atoms with E-state index in [1.165, 1.54) is 5.56 Å². The molecule has 0 spiro atoms. The number of nitrogens with two attached hydrogens (primary N) is 1. The van der Waals surface area contributed by atoms with Gasteiger partial charge in [-0.1, -0.05) is 0 Å². The first-order chi connectivity index (χ1) is 7.34. The Kier molecular flexibility index (Phi) is 1.85. The fourth-order valence-electron chi connectivity index (χ4n) is 2.12. The monoisotopic (exact) mass is 203 g/mol. The minimum Gasteiger partial charge on any atom is -0.396 e. The number of nitrogen functional groups attached to an aromatic ring is 1. The van der Waals surface area contributed by atoms with Crippen LogP contribution in [-0.4, -0.2) is 27.7 Å². The van der Waals surface area contributed by atoms with Gasteiger partial charge in [-0.2, -0.15) is 5.10 Å². The molecule has 1 aliphatic heterocycles. The lowest BCUT2D eigenvalue weighted by Gasteiger charge is -2.04. The van der Waals surface area contributed by atoms with Crippen molar-refractivity contribution in [1.29, 1.82) is 0 Å². The number of hydrogen-bond acceptors (Lipinski definition) is 4. The summed E-state index contributed by atoms with van der Waals surface area (Å²) in [7, 11) is 0. The van der Waals surface area contributed by atoms with Gasteiger partial charge in [0.1, 0.15) is 0 Å². The van der Waals surface area contributed by atoms with E-state index < -0.39 is 0 Å². The summed E-state index contributed by atoms with van der Waals surface area (Å²) in [4.78, 5) is 4.33. The van der Waals surface area contributed by atoms with Crippen molar-refractivity contribution in [1.82, 2.24) is 19.9 Å². The van der Waals surface area contributed by atoms with E-state index in [9.17, 15) is 0 Å². The zero-order chi connectivity index (χ0) is 10.3. The van der Waals surface area contributed by atoms with E-state index in [4.69, 9.17) is 5.73 Å². The Morgan fingerprint density at radius 3 is 3.20 bits per heavy atom. The minimum absolute atomic E-state index is 0.540. The smallest absolute Gasteiger partial charge is 0.158 e. The van der Waals surface area contributed by atoms with E-state index in [1.807, 2.05) is 6.20 Å². The molecular formula is C10H13N5. The molecule has 2 aromatic rings. The number of fused-ring (bicyclic) bond motifs is 1. The first kappa shape index (κ1) is 8.67. The molecule has 3 rings (SSSR count). The first-order valence-corrected chi connectivity index (χ1v) is 5.14. The van der Waals surface area contributed by atoms with Crippen molar-refractivity contribution >= 4 is 11.3 Å². The molecular weight excluding hydrogens is 190 g/mol. The first-order valence-electron chi connectivity index (χ1n) is 5.14. The molecule has 1 unspecified atom stereocenters. The van der Waals surface area contributed by atoms with Crippen molar-refractivity contribution < 1.29 is 0 Å². The van der Waals surface area contributed by atoms with Gasteiger partial charge in [0.2, 0.25) is 0 Å². The van der Waals surface area contributed by atoms with Crippen molar-refractivity contribution in [3.63, 3.8) is 0 Å². The highest BCUT2D eigenvalue weighted by molar-refractivity contribution is 5.51. The van der Waals surface area contributed by atoms with Crippen molar-refractivity contribution in [3.05, 3.63) is 24.2 Å².